The number of hydrogen-bond acceptors (Lipinski definition) is 4. The fraction of sp³-hybridized carbons (Fsp3) is 0.0909. The fourth-order valence-electron chi connectivity index (χ4n) is 1.46. The number of carbonyl (C=O) groups is 1. The molecule has 1 aromatic carbocycles. The number of ether oxygens (including phenoxy) is 1. The van der Waals surface area contributed by atoms with E-state index >= 15 is 0 Å². The summed E-state index contributed by atoms with van der Waals surface area (Å²) in [5.74, 6) is 0.421. The number of anilines is 2. The summed E-state index contributed by atoms with van der Waals surface area (Å²) in [6, 6.07) is 5.03. The van der Waals surface area contributed by atoms with E-state index in [1.807, 2.05) is 0 Å². The molecule has 0 radical (unpaired) electrons. The van der Waals surface area contributed by atoms with E-state index in [-0.39, 0.29) is 5.91 Å². The SMILES string of the molecule is COc1cccc(N)c1C(=O)Nc1ncc[nH]1. The van der Waals surface area contributed by atoms with Crippen molar-refractivity contribution in [3.63, 3.8) is 0 Å². The second-order valence-electron chi connectivity index (χ2n) is 3.32. The molecule has 2 aromatic rings. The third kappa shape index (κ3) is 2.20. The first-order valence-electron chi connectivity index (χ1n) is 4.95. The number of aromatic amines is 1. The Morgan fingerprint density at radius 3 is 3.00 bits per heavy atom. The molecule has 0 unspecified atom stereocenters. The number of imidazole rings is 1. The zero-order chi connectivity index (χ0) is 12.3. The number of amides is 1. The fourth-order valence-corrected chi connectivity index (χ4v) is 1.46. The lowest BCUT2D eigenvalue weighted by Gasteiger charge is -2.10. The molecule has 0 saturated heterocycles. The normalized spacial score (nSPS) is 9.94. The second-order valence-corrected chi connectivity index (χ2v) is 3.32. The van der Waals surface area contributed by atoms with Crippen LogP contribution in [0.2, 0.25) is 0 Å². The first-order valence-corrected chi connectivity index (χ1v) is 4.95. The second kappa shape index (κ2) is 4.56. The Morgan fingerprint density at radius 1 is 1.53 bits per heavy atom. The summed E-state index contributed by atoms with van der Waals surface area (Å²) in [5.41, 5.74) is 6.41. The van der Waals surface area contributed by atoms with E-state index in [2.05, 4.69) is 15.3 Å². The summed E-state index contributed by atoms with van der Waals surface area (Å²) in [6.07, 6.45) is 3.16. The molecule has 6 nitrogen and oxygen atoms in total. The molecule has 0 saturated carbocycles. The first-order chi connectivity index (χ1) is 8.22. The minimum absolute atomic E-state index is 0.298. The molecule has 1 heterocycles. The number of aromatic nitrogens is 2. The molecule has 17 heavy (non-hydrogen) atoms. The lowest BCUT2D eigenvalue weighted by atomic mass is 10.1. The van der Waals surface area contributed by atoms with Gasteiger partial charge in [0.05, 0.1) is 7.11 Å². The Labute approximate surface area is 97.8 Å². The van der Waals surface area contributed by atoms with Crippen molar-refractivity contribution < 1.29 is 9.53 Å². The van der Waals surface area contributed by atoms with Crippen LogP contribution >= 0.6 is 0 Å². The Morgan fingerprint density at radius 2 is 2.35 bits per heavy atom. The summed E-state index contributed by atoms with van der Waals surface area (Å²) in [5, 5.41) is 2.59. The van der Waals surface area contributed by atoms with Crippen molar-refractivity contribution in [3.8, 4) is 5.75 Å². The van der Waals surface area contributed by atoms with Gasteiger partial charge in [-0.15, -0.1) is 0 Å². The highest BCUT2D eigenvalue weighted by Gasteiger charge is 2.16. The van der Waals surface area contributed by atoms with Gasteiger partial charge in [-0.3, -0.25) is 10.1 Å². The third-order valence-electron chi connectivity index (χ3n) is 2.24. The number of rotatable bonds is 3. The number of benzene rings is 1. The molecule has 88 valence electrons. The standard InChI is InChI=1S/C11H12N4O2/c1-17-8-4-2-3-7(12)9(8)10(16)15-11-13-5-6-14-11/h2-6H,12H2,1H3,(H2,13,14,15,16). The van der Waals surface area contributed by atoms with Crippen LogP contribution in [0.15, 0.2) is 30.6 Å². The van der Waals surface area contributed by atoms with Crippen LogP contribution in [-0.2, 0) is 0 Å². The molecule has 0 aliphatic carbocycles. The number of methoxy groups -OCH3 is 1. The van der Waals surface area contributed by atoms with Gasteiger partial charge in [0.1, 0.15) is 11.3 Å². The van der Waals surface area contributed by atoms with E-state index in [9.17, 15) is 4.79 Å². The summed E-state index contributed by atoms with van der Waals surface area (Å²) in [4.78, 5) is 18.6. The minimum atomic E-state index is -0.366. The molecular formula is C11H12N4O2. The van der Waals surface area contributed by atoms with Crippen molar-refractivity contribution >= 4 is 17.5 Å². The topological polar surface area (TPSA) is 93.0 Å². The van der Waals surface area contributed by atoms with Gasteiger partial charge in [-0.2, -0.15) is 0 Å². The van der Waals surface area contributed by atoms with Gasteiger partial charge in [0, 0.05) is 18.1 Å². The summed E-state index contributed by atoms with van der Waals surface area (Å²) in [6.45, 7) is 0. The van der Waals surface area contributed by atoms with E-state index in [4.69, 9.17) is 10.5 Å². The first kappa shape index (κ1) is 11.0. The van der Waals surface area contributed by atoms with Gasteiger partial charge >= 0.3 is 0 Å². The maximum atomic E-state index is 12.0. The van der Waals surface area contributed by atoms with Gasteiger partial charge < -0.3 is 15.5 Å². The van der Waals surface area contributed by atoms with Gasteiger partial charge in [0.25, 0.3) is 5.91 Å². The van der Waals surface area contributed by atoms with Crippen LogP contribution < -0.4 is 15.8 Å². The number of hydrogen-bond donors (Lipinski definition) is 3. The molecule has 0 spiro atoms. The van der Waals surface area contributed by atoms with Crippen LogP contribution in [0.3, 0.4) is 0 Å². The van der Waals surface area contributed by atoms with Crippen molar-refractivity contribution in [3.05, 3.63) is 36.2 Å². The van der Waals surface area contributed by atoms with Gasteiger partial charge in [-0.1, -0.05) is 6.07 Å². The van der Waals surface area contributed by atoms with E-state index in [0.29, 0.717) is 22.9 Å². The molecule has 0 aliphatic heterocycles. The third-order valence-corrected chi connectivity index (χ3v) is 2.24. The number of nitrogens with zero attached hydrogens (tertiary/aromatic N) is 1. The van der Waals surface area contributed by atoms with Crippen molar-refractivity contribution in [2.24, 2.45) is 0 Å². The van der Waals surface area contributed by atoms with Crippen molar-refractivity contribution in [2.45, 2.75) is 0 Å². The number of nitrogens with one attached hydrogen (secondary N) is 2. The van der Waals surface area contributed by atoms with Gasteiger partial charge in [-0.05, 0) is 12.1 Å². The molecule has 1 aromatic heterocycles. The molecular weight excluding hydrogens is 220 g/mol. The smallest absolute Gasteiger partial charge is 0.263 e. The van der Waals surface area contributed by atoms with Crippen molar-refractivity contribution in [1.82, 2.24) is 9.97 Å². The van der Waals surface area contributed by atoms with Crippen LogP contribution in [0.5, 0.6) is 5.75 Å². The number of H-pyrrole nitrogens is 1. The van der Waals surface area contributed by atoms with E-state index in [1.165, 1.54) is 7.11 Å². The lowest BCUT2D eigenvalue weighted by Crippen LogP contribution is -2.16. The van der Waals surface area contributed by atoms with Crippen molar-refractivity contribution in [1.29, 1.82) is 0 Å². The summed E-state index contributed by atoms with van der Waals surface area (Å²) < 4.78 is 5.10. The Hall–Kier alpha value is -2.50. The lowest BCUT2D eigenvalue weighted by molar-refractivity contribution is 0.102. The van der Waals surface area contributed by atoms with E-state index in [0.717, 1.165) is 0 Å². The predicted molar refractivity (Wildman–Crippen MR) is 63.9 cm³/mol. The van der Waals surface area contributed by atoms with Crippen LogP contribution in [0.4, 0.5) is 11.6 Å². The zero-order valence-corrected chi connectivity index (χ0v) is 9.23. The van der Waals surface area contributed by atoms with Gasteiger partial charge in [0.2, 0.25) is 5.95 Å². The highest BCUT2D eigenvalue weighted by atomic mass is 16.5. The largest absolute Gasteiger partial charge is 0.496 e. The van der Waals surface area contributed by atoms with Crippen LogP contribution in [0, 0.1) is 0 Å². The quantitative estimate of drug-likeness (QED) is 0.694. The Balaban J connectivity index is 2.30. The number of nitrogens with two attached hydrogens (primary N) is 1. The summed E-state index contributed by atoms with van der Waals surface area (Å²) in [7, 11) is 1.48. The minimum Gasteiger partial charge on any atom is -0.496 e. The molecule has 0 atom stereocenters. The van der Waals surface area contributed by atoms with Crippen LogP contribution in [-0.4, -0.2) is 23.0 Å². The predicted octanol–water partition coefficient (Wildman–Crippen LogP) is 1.25. The molecule has 2 rings (SSSR count). The highest BCUT2D eigenvalue weighted by molar-refractivity contribution is 6.09. The molecule has 4 N–H and O–H groups in total. The molecule has 1 amide bonds. The summed E-state index contributed by atoms with van der Waals surface area (Å²) >= 11 is 0. The van der Waals surface area contributed by atoms with Gasteiger partial charge in [-0.25, -0.2) is 4.98 Å². The molecule has 0 fully saturated rings. The average Bonchev–Trinajstić information content (AvgIpc) is 2.81. The highest BCUT2D eigenvalue weighted by Crippen LogP contribution is 2.24. The number of nitrogen functional groups attached to an aromatic ring is 1. The van der Waals surface area contributed by atoms with Crippen LogP contribution in [0.25, 0.3) is 0 Å². The van der Waals surface area contributed by atoms with Crippen molar-refractivity contribution in [2.75, 3.05) is 18.2 Å². The molecule has 6 heteroatoms. The molecule has 0 bridgehead atoms. The Bertz CT molecular complexity index is 522. The monoisotopic (exact) mass is 232 g/mol. The van der Waals surface area contributed by atoms with E-state index < -0.39 is 0 Å². The van der Waals surface area contributed by atoms with Crippen LogP contribution in [0.1, 0.15) is 10.4 Å². The zero-order valence-electron chi connectivity index (χ0n) is 9.23. The van der Waals surface area contributed by atoms with Gasteiger partial charge in [0.15, 0.2) is 0 Å². The van der Waals surface area contributed by atoms with E-state index in [1.54, 1.807) is 30.6 Å². The average molecular weight is 232 g/mol. The maximum absolute atomic E-state index is 12.0. The molecule has 0 aliphatic rings. The Kier molecular flexibility index (Phi) is 2.95. The maximum Gasteiger partial charge on any atom is 0.263 e. The number of carbonyl (C=O) groups excluding carboxylic acids is 1.